The second-order valence-electron chi connectivity index (χ2n) is 4.80. The van der Waals surface area contributed by atoms with E-state index < -0.39 is 11.6 Å². The molecule has 1 amide bonds. The number of amides is 1. The fraction of sp³-hybridized carbons (Fsp3) is 0.500. The smallest absolute Gasteiger partial charge is 0.227 e. The third kappa shape index (κ3) is 3.67. The van der Waals surface area contributed by atoms with Crippen molar-refractivity contribution in [3.05, 3.63) is 35.4 Å². The highest BCUT2D eigenvalue weighted by atomic mass is 35.5. The zero-order valence-electron chi connectivity index (χ0n) is 11.1. The SMILES string of the molecule is O=C(Cc1cccc(F)c1F)N1CCN(CCCl)CC1. The maximum atomic E-state index is 13.5. The van der Waals surface area contributed by atoms with Gasteiger partial charge in [0.25, 0.3) is 0 Å². The molecule has 0 radical (unpaired) electrons. The monoisotopic (exact) mass is 302 g/mol. The van der Waals surface area contributed by atoms with Crippen molar-refractivity contribution in [1.82, 2.24) is 9.80 Å². The topological polar surface area (TPSA) is 23.6 Å². The normalized spacial score (nSPS) is 16.4. The van der Waals surface area contributed by atoms with Crippen molar-refractivity contribution in [3.63, 3.8) is 0 Å². The van der Waals surface area contributed by atoms with Gasteiger partial charge in [-0.15, -0.1) is 11.6 Å². The van der Waals surface area contributed by atoms with Crippen LogP contribution in [-0.4, -0.2) is 54.3 Å². The van der Waals surface area contributed by atoms with Gasteiger partial charge in [0.15, 0.2) is 11.6 Å². The molecule has 0 unspecified atom stereocenters. The fourth-order valence-corrected chi connectivity index (χ4v) is 2.54. The molecule has 1 aliphatic rings. The summed E-state index contributed by atoms with van der Waals surface area (Å²) in [7, 11) is 0. The van der Waals surface area contributed by atoms with Crippen molar-refractivity contribution in [2.45, 2.75) is 6.42 Å². The number of hydrogen-bond acceptors (Lipinski definition) is 2. The highest BCUT2D eigenvalue weighted by molar-refractivity contribution is 6.18. The lowest BCUT2D eigenvalue weighted by Crippen LogP contribution is -2.49. The molecule has 20 heavy (non-hydrogen) atoms. The van der Waals surface area contributed by atoms with Crippen LogP contribution in [0, 0.1) is 11.6 Å². The van der Waals surface area contributed by atoms with Gasteiger partial charge in [-0.25, -0.2) is 8.78 Å². The van der Waals surface area contributed by atoms with Crippen LogP contribution in [0.15, 0.2) is 18.2 Å². The summed E-state index contributed by atoms with van der Waals surface area (Å²) in [6, 6.07) is 3.91. The molecular formula is C14H17ClF2N2O. The zero-order valence-corrected chi connectivity index (χ0v) is 11.9. The van der Waals surface area contributed by atoms with E-state index in [9.17, 15) is 13.6 Å². The number of halogens is 3. The molecule has 1 aliphatic heterocycles. The minimum absolute atomic E-state index is 0.0981. The van der Waals surface area contributed by atoms with Crippen molar-refractivity contribution in [2.24, 2.45) is 0 Å². The van der Waals surface area contributed by atoms with Gasteiger partial charge in [0.1, 0.15) is 0 Å². The van der Waals surface area contributed by atoms with E-state index in [2.05, 4.69) is 4.90 Å². The lowest BCUT2D eigenvalue weighted by Gasteiger charge is -2.34. The maximum absolute atomic E-state index is 13.5. The average Bonchev–Trinajstić information content (AvgIpc) is 2.45. The highest BCUT2D eigenvalue weighted by Crippen LogP contribution is 2.13. The Bertz CT molecular complexity index is 476. The quantitative estimate of drug-likeness (QED) is 0.793. The van der Waals surface area contributed by atoms with E-state index >= 15 is 0 Å². The number of carbonyl (C=O) groups excluding carboxylic acids is 1. The Labute approximate surface area is 122 Å². The molecule has 0 atom stereocenters. The summed E-state index contributed by atoms with van der Waals surface area (Å²) in [5.74, 6) is -1.44. The maximum Gasteiger partial charge on any atom is 0.227 e. The largest absolute Gasteiger partial charge is 0.340 e. The molecule has 110 valence electrons. The Morgan fingerprint density at radius 2 is 1.90 bits per heavy atom. The average molecular weight is 303 g/mol. The standard InChI is InChI=1S/C14H17ClF2N2O/c15-4-5-18-6-8-19(9-7-18)13(20)10-11-2-1-3-12(16)14(11)17/h1-3H,4-10H2. The van der Waals surface area contributed by atoms with Gasteiger partial charge < -0.3 is 4.90 Å². The number of hydrogen-bond donors (Lipinski definition) is 0. The molecule has 0 spiro atoms. The first-order valence-corrected chi connectivity index (χ1v) is 7.14. The zero-order chi connectivity index (χ0) is 14.5. The Balaban J connectivity index is 1.91. The molecule has 1 heterocycles. The molecule has 1 fully saturated rings. The lowest BCUT2D eigenvalue weighted by atomic mass is 10.1. The van der Waals surface area contributed by atoms with Crippen LogP contribution in [0.2, 0.25) is 0 Å². The molecule has 1 aromatic carbocycles. The van der Waals surface area contributed by atoms with Crippen LogP contribution in [0.3, 0.4) is 0 Å². The highest BCUT2D eigenvalue weighted by Gasteiger charge is 2.22. The van der Waals surface area contributed by atoms with E-state index in [1.807, 2.05) is 0 Å². The Morgan fingerprint density at radius 1 is 1.20 bits per heavy atom. The van der Waals surface area contributed by atoms with Crippen LogP contribution in [0.25, 0.3) is 0 Å². The molecule has 0 N–H and O–H groups in total. The molecule has 1 saturated heterocycles. The van der Waals surface area contributed by atoms with Gasteiger partial charge in [0.05, 0.1) is 6.42 Å². The van der Waals surface area contributed by atoms with Gasteiger partial charge in [-0.2, -0.15) is 0 Å². The molecule has 0 bridgehead atoms. The van der Waals surface area contributed by atoms with E-state index in [-0.39, 0.29) is 17.9 Å². The van der Waals surface area contributed by atoms with Crippen molar-refractivity contribution < 1.29 is 13.6 Å². The second-order valence-corrected chi connectivity index (χ2v) is 5.18. The Hall–Kier alpha value is -1.20. The van der Waals surface area contributed by atoms with E-state index in [0.29, 0.717) is 19.0 Å². The number of benzene rings is 1. The summed E-state index contributed by atoms with van der Waals surface area (Å²) in [5.41, 5.74) is 0.109. The number of nitrogens with zero attached hydrogens (tertiary/aromatic N) is 2. The van der Waals surface area contributed by atoms with Crippen LogP contribution < -0.4 is 0 Å². The summed E-state index contributed by atoms with van der Waals surface area (Å²) < 4.78 is 26.6. The van der Waals surface area contributed by atoms with Gasteiger partial charge >= 0.3 is 0 Å². The third-order valence-corrected chi connectivity index (χ3v) is 3.67. The van der Waals surface area contributed by atoms with Gasteiger partial charge in [-0.05, 0) is 6.07 Å². The van der Waals surface area contributed by atoms with Crippen LogP contribution in [0.1, 0.15) is 5.56 Å². The predicted molar refractivity (Wildman–Crippen MR) is 73.8 cm³/mol. The van der Waals surface area contributed by atoms with Crippen molar-refractivity contribution in [2.75, 3.05) is 38.6 Å². The Morgan fingerprint density at radius 3 is 2.55 bits per heavy atom. The number of carbonyl (C=O) groups is 1. The van der Waals surface area contributed by atoms with Crippen molar-refractivity contribution in [1.29, 1.82) is 0 Å². The minimum atomic E-state index is -0.929. The first kappa shape index (κ1) is 15.2. The molecule has 0 aliphatic carbocycles. The lowest BCUT2D eigenvalue weighted by molar-refractivity contribution is -0.132. The van der Waals surface area contributed by atoms with Crippen LogP contribution in [-0.2, 0) is 11.2 Å². The fourth-order valence-electron chi connectivity index (χ4n) is 2.30. The number of rotatable bonds is 4. The summed E-state index contributed by atoms with van der Waals surface area (Å²) in [6.45, 7) is 3.55. The van der Waals surface area contributed by atoms with Gasteiger partial charge in [-0.3, -0.25) is 9.69 Å². The summed E-state index contributed by atoms with van der Waals surface area (Å²) in [5, 5.41) is 0. The van der Waals surface area contributed by atoms with E-state index in [4.69, 9.17) is 11.6 Å². The third-order valence-electron chi connectivity index (χ3n) is 3.50. The molecule has 3 nitrogen and oxygen atoms in total. The van der Waals surface area contributed by atoms with E-state index in [1.54, 1.807) is 4.90 Å². The number of piperazine rings is 1. The summed E-state index contributed by atoms with van der Waals surface area (Å²) in [6.07, 6.45) is -0.0981. The molecule has 0 aromatic heterocycles. The molecule has 0 saturated carbocycles. The number of alkyl halides is 1. The van der Waals surface area contributed by atoms with Crippen molar-refractivity contribution in [3.8, 4) is 0 Å². The van der Waals surface area contributed by atoms with E-state index in [1.165, 1.54) is 12.1 Å². The van der Waals surface area contributed by atoms with Gasteiger partial charge in [-0.1, -0.05) is 12.1 Å². The second kappa shape index (κ2) is 6.99. The summed E-state index contributed by atoms with van der Waals surface area (Å²) in [4.78, 5) is 16.0. The molecule has 6 heteroatoms. The Kier molecular flexibility index (Phi) is 5.31. The van der Waals surface area contributed by atoms with Crippen molar-refractivity contribution >= 4 is 17.5 Å². The molecule has 2 rings (SSSR count). The predicted octanol–water partition coefficient (Wildman–Crippen LogP) is 1.89. The van der Waals surface area contributed by atoms with Crippen LogP contribution in [0.5, 0.6) is 0 Å². The summed E-state index contributed by atoms with van der Waals surface area (Å²) >= 11 is 5.67. The first-order chi connectivity index (χ1) is 9.61. The van der Waals surface area contributed by atoms with Gasteiger partial charge in [0.2, 0.25) is 5.91 Å². The molecule has 1 aromatic rings. The van der Waals surface area contributed by atoms with E-state index in [0.717, 1.165) is 25.7 Å². The molecular weight excluding hydrogens is 286 g/mol. The van der Waals surface area contributed by atoms with Crippen LogP contribution >= 0.6 is 11.6 Å². The first-order valence-electron chi connectivity index (χ1n) is 6.61. The van der Waals surface area contributed by atoms with Crippen LogP contribution in [0.4, 0.5) is 8.78 Å². The van der Waals surface area contributed by atoms with Gasteiger partial charge in [0, 0.05) is 44.2 Å². The minimum Gasteiger partial charge on any atom is -0.340 e.